The standard InChI is InChI=1S/C9H13N3O4S/c1-12(2)17(15,16)11-6-3-4-8(10)7(5-6)9(13)14/h3-5,11H,10H2,1-2H3,(H,13,14). The number of carbonyl (C=O) groups is 1. The third kappa shape index (κ3) is 3.08. The van der Waals surface area contributed by atoms with Crippen molar-refractivity contribution in [3.8, 4) is 0 Å². The van der Waals surface area contributed by atoms with Gasteiger partial charge in [-0.1, -0.05) is 0 Å². The lowest BCUT2D eigenvalue weighted by Gasteiger charge is -2.14. The molecule has 0 bridgehead atoms. The lowest BCUT2D eigenvalue weighted by molar-refractivity contribution is 0.0698. The minimum absolute atomic E-state index is 0.0744. The summed E-state index contributed by atoms with van der Waals surface area (Å²) < 4.78 is 26.2. The van der Waals surface area contributed by atoms with Gasteiger partial charge in [-0.2, -0.15) is 12.7 Å². The molecule has 1 aromatic rings. The first-order valence-electron chi connectivity index (χ1n) is 4.57. The highest BCUT2D eigenvalue weighted by Crippen LogP contribution is 2.19. The summed E-state index contributed by atoms with van der Waals surface area (Å²) in [4.78, 5) is 10.8. The number of nitrogens with one attached hydrogen (secondary N) is 1. The quantitative estimate of drug-likeness (QED) is 0.668. The van der Waals surface area contributed by atoms with Gasteiger partial charge >= 0.3 is 16.2 Å². The zero-order chi connectivity index (χ0) is 13.2. The zero-order valence-corrected chi connectivity index (χ0v) is 10.2. The minimum atomic E-state index is -3.66. The van der Waals surface area contributed by atoms with Gasteiger partial charge in [-0.15, -0.1) is 0 Å². The topological polar surface area (TPSA) is 113 Å². The molecule has 4 N–H and O–H groups in total. The molecule has 0 saturated carbocycles. The van der Waals surface area contributed by atoms with Crippen LogP contribution in [0.25, 0.3) is 0 Å². The van der Waals surface area contributed by atoms with Crippen LogP contribution in [0, 0.1) is 0 Å². The van der Waals surface area contributed by atoms with E-state index in [0.717, 1.165) is 4.31 Å². The molecule has 7 nitrogen and oxygen atoms in total. The fourth-order valence-corrected chi connectivity index (χ4v) is 1.65. The summed E-state index contributed by atoms with van der Waals surface area (Å²) in [7, 11) is -0.939. The van der Waals surface area contributed by atoms with E-state index in [0.29, 0.717) is 0 Å². The van der Waals surface area contributed by atoms with Crippen molar-refractivity contribution in [2.45, 2.75) is 0 Å². The zero-order valence-electron chi connectivity index (χ0n) is 9.34. The molecule has 0 atom stereocenters. The SMILES string of the molecule is CN(C)S(=O)(=O)Nc1ccc(N)c(C(=O)O)c1. The van der Waals surface area contributed by atoms with Gasteiger partial charge in [0, 0.05) is 19.8 Å². The Hall–Kier alpha value is -1.80. The number of benzene rings is 1. The predicted octanol–water partition coefficient (Wildman–Crippen LogP) is 0.185. The average molecular weight is 259 g/mol. The van der Waals surface area contributed by atoms with Crippen molar-refractivity contribution in [2.75, 3.05) is 24.6 Å². The molecule has 0 saturated heterocycles. The van der Waals surface area contributed by atoms with E-state index in [1.165, 1.54) is 32.3 Å². The van der Waals surface area contributed by atoms with Crippen LogP contribution in [0.1, 0.15) is 10.4 Å². The maximum atomic E-state index is 11.5. The Morgan fingerprint density at radius 2 is 2.00 bits per heavy atom. The fourth-order valence-electron chi connectivity index (χ4n) is 1.05. The molecule has 0 unspecified atom stereocenters. The summed E-state index contributed by atoms with van der Waals surface area (Å²) in [6.07, 6.45) is 0. The van der Waals surface area contributed by atoms with E-state index in [9.17, 15) is 13.2 Å². The Balaban J connectivity index is 3.10. The molecule has 8 heteroatoms. The maximum absolute atomic E-state index is 11.5. The highest BCUT2D eigenvalue weighted by molar-refractivity contribution is 7.90. The molecule has 0 heterocycles. The molecule has 1 aromatic carbocycles. The van der Waals surface area contributed by atoms with Crippen molar-refractivity contribution in [1.82, 2.24) is 4.31 Å². The van der Waals surface area contributed by atoms with E-state index in [4.69, 9.17) is 10.8 Å². The van der Waals surface area contributed by atoms with Crippen LogP contribution < -0.4 is 10.5 Å². The monoisotopic (exact) mass is 259 g/mol. The number of carboxylic acids is 1. The number of carboxylic acid groups (broad SMARTS) is 1. The Labute approximate surface area is 99.0 Å². The second kappa shape index (κ2) is 4.60. The van der Waals surface area contributed by atoms with E-state index >= 15 is 0 Å². The lowest BCUT2D eigenvalue weighted by atomic mass is 10.1. The van der Waals surface area contributed by atoms with Gasteiger partial charge in [0.25, 0.3) is 0 Å². The molecule has 0 radical (unpaired) electrons. The van der Waals surface area contributed by atoms with E-state index in [-0.39, 0.29) is 16.9 Å². The van der Waals surface area contributed by atoms with Crippen molar-refractivity contribution in [3.05, 3.63) is 23.8 Å². The largest absolute Gasteiger partial charge is 0.478 e. The second-order valence-corrected chi connectivity index (χ2v) is 5.38. The Morgan fingerprint density at radius 3 is 2.47 bits per heavy atom. The van der Waals surface area contributed by atoms with E-state index in [1.54, 1.807) is 0 Å². The molecular weight excluding hydrogens is 246 g/mol. The van der Waals surface area contributed by atoms with Gasteiger partial charge in [0.2, 0.25) is 0 Å². The van der Waals surface area contributed by atoms with Gasteiger partial charge < -0.3 is 10.8 Å². The Kier molecular flexibility index (Phi) is 3.59. The summed E-state index contributed by atoms with van der Waals surface area (Å²) in [5.74, 6) is -1.21. The van der Waals surface area contributed by atoms with Crippen molar-refractivity contribution in [1.29, 1.82) is 0 Å². The Morgan fingerprint density at radius 1 is 1.41 bits per heavy atom. The highest BCUT2D eigenvalue weighted by Gasteiger charge is 2.15. The molecular formula is C9H13N3O4S. The number of nitrogens with two attached hydrogens (primary N) is 1. The lowest BCUT2D eigenvalue weighted by Crippen LogP contribution is -2.29. The van der Waals surface area contributed by atoms with Crippen LogP contribution >= 0.6 is 0 Å². The van der Waals surface area contributed by atoms with Gasteiger partial charge in [-0.05, 0) is 18.2 Å². The number of anilines is 2. The average Bonchev–Trinajstić information content (AvgIpc) is 2.20. The van der Waals surface area contributed by atoms with Gasteiger partial charge in [0.05, 0.1) is 11.3 Å². The van der Waals surface area contributed by atoms with Crippen LogP contribution in [0.5, 0.6) is 0 Å². The van der Waals surface area contributed by atoms with Crippen LogP contribution in [-0.2, 0) is 10.2 Å². The summed E-state index contributed by atoms with van der Waals surface area (Å²) >= 11 is 0. The molecule has 0 aromatic heterocycles. The van der Waals surface area contributed by atoms with Crippen LogP contribution in [0.4, 0.5) is 11.4 Å². The first-order valence-corrected chi connectivity index (χ1v) is 6.01. The molecule has 94 valence electrons. The van der Waals surface area contributed by atoms with E-state index < -0.39 is 16.2 Å². The third-order valence-corrected chi connectivity index (χ3v) is 3.47. The van der Waals surface area contributed by atoms with Gasteiger partial charge in [0.1, 0.15) is 0 Å². The van der Waals surface area contributed by atoms with E-state index in [2.05, 4.69) is 4.72 Å². The van der Waals surface area contributed by atoms with Crippen LogP contribution in [-0.4, -0.2) is 37.9 Å². The van der Waals surface area contributed by atoms with Crippen LogP contribution in [0.2, 0.25) is 0 Å². The first-order chi connectivity index (χ1) is 7.74. The summed E-state index contributed by atoms with van der Waals surface area (Å²) in [5.41, 5.74) is 5.51. The third-order valence-electron chi connectivity index (χ3n) is 2.01. The predicted molar refractivity (Wildman–Crippen MR) is 64.0 cm³/mol. The molecule has 0 amide bonds. The van der Waals surface area contributed by atoms with E-state index in [1.807, 2.05) is 0 Å². The number of rotatable bonds is 4. The number of nitrogens with zero attached hydrogens (tertiary/aromatic N) is 1. The molecule has 0 aliphatic rings. The Bertz CT molecular complexity index is 539. The van der Waals surface area contributed by atoms with Crippen molar-refractivity contribution in [2.24, 2.45) is 0 Å². The van der Waals surface area contributed by atoms with Crippen molar-refractivity contribution < 1.29 is 18.3 Å². The molecule has 0 aliphatic heterocycles. The number of hydrogen-bond acceptors (Lipinski definition) is 4. The number of aromatic carboxylic acids is 1. The minimum Gasteiger partial charge on any atom is -0.478 e. The molecule has 17 heavy (non-hydrogen) atoms. The number of hydrogen-bond donors (Lipinski definition) is 3. The van der Waals surface area contributed by atoms with Gasteiger partial charge in [-0.3, -0.25) is 4.72 Å². The molecule has 0 fully saturated rings. The highest BCUT2D eigenvalue weighted by atomic mass is 32.2. The van der Waals surface area contributed by atoms with Crippen LogP contribution in [0.15, 0.2) is 18.2 Å². The second-order valence-electron chi connectivity index (χ2n) is 3.50. The smallest absolute Gasteiger partial charge is 0.337 e. The normalized spacial score (nSPS) is 11.5. The number of nitrogen functional groups attached to an aromatic ring is 1. The fraction of sp³-hybridized carbons (Fsp3) is 0.222. The summed E-state index contributed by atoms with van der Waals surface area (Å²) in [6.45, 7) is 0. The van der Waals surface area contributed by atoms with Crippen molar-refractivity contribution in [3.63, 3.8) is 0 Å². The van der Waals surface area contributed by atoms with Crippen LogP contribution in [0.3, 0.4) is 0 Å². The molecule has 1 rings (SSSR count). The maximum Gasteiger partial charge on any atom is 0.337 e. The summed E-state index contributed by atoms with van der Waals surface area (Å²) in [6, 6.07) is 3.89. The summed E-state index contributed by atoms with van der Waals surface area (Å²) in [5, 5.41) is 8.83. The van der Waals surface area contributed by atoms with Gasteiger partial charge in [-0.25, -0.2) is 4.79 Å². The van der Waals surface area contributed by atoms with Gasteiger partial charge in [0.15, 0.2) is 0 Å². The molecule has 0 aliphatic carbocycles. The molecule has 0 spiro atoms. The first kappa shape index (κ1) is 13.3. The van der Waals surface area contributed by atoms with Crippen molar-refractivity contribution >= 4 is 27.6 Å².